The fraction of sp³-hybridized carbons (Fsp3) is 0.368. The van der Waals surface area contributed by atoms with Gasteiger partial charge in [0.15, 0.2) is 0 Å². The van der Waals surface area contributed by atoms with Crippen molar-refractivity contribution in [3.05, 3.63) is 57.0 Å². The molecule has 0 saturated heterocycles. The van der Waals surface area contributed by atoms with Crippen LogP contribution >= 0.6 is 22.9 Å². The third-order valence-corrected chi connectivity index (χ3v) is 5.57. The summed E-state index contributed by atoms with van der Waals surface area (Å²) in [4.78, 5) is 31.2. The predicted molar refractivity (Wildman–Crippen MR) is 113 cm³/mol. The lowest BCUT2D eigenvalue weighted by molar-refractivity contribution is -0.119. The summed E-state index contributed by atoms with van der Waals surface area (Å²) in [6.45, 7) is 2.68. The first kappa shape index (κ1) is 20.3. The van der Waals surface area contributed by atoms with Crippen LogP contribution in [-0.2, 0) is 17.6 Å². The van der Waals surface area contributed by atoms with Gasteiger partial charge in [-0.2, -0.15) is 4.52 Å². The molecule has 148 valence electrons. The van der Waals surface area contributed by atoms with Crippen LogP contribution in [0.2, 0.25) is 5.02 Å². The number of nitrogens with one attached hydrogen (secondary N) is 1. The molecule has 0 aliphatic rings. The molecule has 0 bridgehead atoms. The number of aryl methyl sites for hydroxylation is 1. The number of amides is 1. The van der Waals surface area contributed by atoms with Crippen LogP contribution in [0.5, 0.6) is 0 Å². The Bertz CT molecular complexity index is 1030. The van der Waals surface area contributed by atoms with E-state index in [9.17, 15) is 9.59 Å². The first-order chi connectivity index (χ1) is 13.5. The molecule has 0 aliphatic carbocycles. The van der Waals surface area contributed by atoms with Crippen LogP contribution in [0.15, 0.2) is 35.1 Å². The second kappa shape index (κ2) is 9.16. The Morgan fingerprint density at radius 2 is 2.11 bits per heavy atom. The van der Waals surface area contributed by atoms with Crippen LogP contribution in [0.3, 0.4) is 0 Å². The van der Waals surface area contributed by atoms with E-state index in [1.54, 1.807) is 11.9 Å². The lowest BCUT2D eigenvalue weighted by Crippen LogP contribution is -2.36. The molecule has 0 unspecified atom stereocenters. The zero-order chi connectivity index (χ0) is 20.1. The Balaban J connectivity index is 1.60. The van der Waals surface area contributed by atoms with E-state index >= 15 is 0 Å². The lowest BCUT2D eigenvalue weighted by atomic mass is 10.1. The second-order valence-electron chi connectivity index (χ2n) is 6.46. The number of carbonyl (C=O) groups is 1. The molecular formula is C19H22ClN5O2S. The number of carbonyl (C=O) groups excluding carboxylic acids is 1. The summed E-state index contributed by atoms with van der Waals surface area (Å²) < 4.78 is 1.28. The van der Waals surface area contributed by atoms with Crippen molar-refractivity contribution in [3.63, 3.8) is 0 Å². The topological polar surface area (TPSA) is 79.6 Å². The number of halogens is 1. The summed E-state index contributed by atoms with van der Waals surface area (Å²) in [7, 11) is 1.77. The highest BCUT2D eigenvalue weighted by Gasteiger charge is 2.14. The minimum Gasteiger partial charge on any atom is -0.354 e. The number of hydrogen-bond acceptors (Lipinski definition) is 6. The molecule has 2 heterocycles. The zero-order valence-electron chi connectivity index (χ0n) is 15.8. The van der Waals surface area contributed by atoms with Gasteiger partial charge in [0.05, 0.1) is 6.54 Å². The minimum absolute atomic E-state index is 0.124. The number of likely N-dealkylation sites (N-methyl/N-ethyl adjacent to an activating group) is 1. The maximum absolute atomic E-state index is 12.2. The summed E-state index contributed by atoms with van der Waals surface area (Å²) in [5.41, 5.74) is 1.56. The molecule has 3 rings (SSSR count). The van der Waals surface area contributed by atoms with Crippen molar-refractivity contribution in [1.82, 2.24) is 19.9 Å². The largest absolute Gasteiger partial charge is 0.354 e. The summed E-state index contributed by atoms with van der Waals surface area (Å²) in [5.74, 6) is -0.124. The number of nitrogens with zero attached hydrogens (tertiary/aromatic N) is 4. The van der Waals surface area contributed by atoms with Crippen LogP contribution in [0, 0.1) is 0 Å². The quantitative estimate of drug-likeness (QED) is 0.607. The molecule has 28 heavy (non-hydrogen) atoms. The van der Waals surface area contributed by atoms with E-state index in [0.29, 0.717) is 28.1 Å². The number of anilines is 1. The summed E-state index contributed by atoms with van der Waals surface area (Å²) in [5, 5.41) is 8.44. The Morgan fingerprint density at radius 1 is 1.32 bits per heavy atom. The summed E-state index contributed by atoms with van der Waals surface area (Å²) >= 11 is 7.42. The van der Waals surface area contributed by atoms with Gasteiger partial charge >= 0.3 is 0 Å². The van der Waals surface area contributed by atoms with Crippen molar-refractivity contribution in [2.45, 2.75) is 26.2 Å². The van der Waals surface area contributed by atoms with Crippen LogP contribution in [0.1, 0.15) is 24.6 Å². The molecule has 0 atom stereocenters. The second-order valence-corrected chi connectivity index (χ2v) is 7.80. The maximum Gasteiger partial charge on any atom is 0.275 e. The monoisotopic (exact) mass is 419 g/mol. The van der Waals surface area contributed by atoms with Gasteiger partial charge in [-0.3, -0.25) is 9.59 Å². The highest BCUT2D eigenvalue weighted by molar-refractivity contribution is 7.20. The smallest absolute Gasteiger partial charge is 0.275 e. The molecule has 2 aromatic heterocycles. The van der Waals surface area contributed by atoms with Gasteiger partial charge in [-0.05, 0) is 24.5 Å². The van der Waals surface area contributed by atoms with Gasteiger partial charge in [-0.25, -0.2) is 4.98 Å². The van der Waals surface area contributed by atoms with Gasteiger partial charge < -0.3 is 10.2 Å². The average Bonchev–Trinajstić information content (AvgIpc) is 3.08. The van der Waals surface area contributed by atoms with E-state index in [0.717, 1.165) is 24.1 Å². The van der Waals surface area contributed by atoms with Crippen LogP contribution in [0.4, 0.5) is 5.13 Å². The first-order valence-corrected chi connectivity index (χ1v) is 10.3. The van der Waals surface area contributed by atoms with Gasteiger partial charge in [0, 0.05) is 30.4 Å². The molecule has 1 N–H and O–H groups in total. The summed E-state index contributed by atoms with van der Waals surface area (Å²) in [6, 6.07) is 9.09. The van der Waals surface area contributed by atoms with Crippen molar-refractivity contribution in [2.24, 2.45) is 0 Å². The Hall–Kier alpha value is -2.45. The van der Waals surface area contributed by atoms with Gasteiger partial charge in [-0.15, -0.1) is 5.10 Å². The molecule has 9 heteroatoms. The van der Waals surface area contributed by atoms with E-state index in [1.165, 1.54) is 21.9 Å². The third kappa shape index (κ3) is 4.88. The van der Waals surface area contributed by atoms with Crippen molar-refractivity contribution in [2.75, 3.05) is 25.0 Å². The molecule has 0 saturated carbocycles. The van der Waals surface area contributed by atoms with Crippen molar-refractivity contribution in [1.29, 1.82) is 0 Å². The van der Waals surface area contributed by atoms with Crippen molar-refractivity contribution >= 4 is 38.9 Å². The molecule has 0 fully saturated rings. The maximum atomic E-state index is 12.2. The number of benzene rings is 1. The minimum atomic E-state index is -0.200. The van der Waals surface area contributed by atoms with Crippen molar-refractivity contribution < 1.29 is 4.79 Å². The molecule has 0 aliphatic heterocycles. The number of fused-ring (bicyclic) bond motifs is 1. The number of hydrogen-bond donors (Lipinski definition) is 1. The van der Waals surface area contributed by atoms with E-state index in [2.05, 4.69) is 15.4 Å². The van der Waals surface area contributed by atoms with E-state index < -0.39 is 0 Å². The van der Waals surface area contributed by atoms with Gasteiger partial charge in [0.25, 0.3) is 5.56 Å². The molecule has 0 spiro atoms. The SMILES string of the molecule is CCCc1cc(=O)n2nc(N(C)CC(=O)NCCc3ccccc3Cl)sc2n1. The average molecular weight is 420 g/mol. The van der Waals surface area contributed by atoms with Gasteiger partial charge in [-0.1, -0.05) is 54.5 Å². The number of rotatable bonds is 8. The van der Waals surface area contributed by atoms with Crippen molar-refractivity contribution in [3.8, 4) is 0 Å². The fourth-order valence-electron chi connectivity index (χ4n) is 2.76. The molecule has 3 aromatic rings. The standard InChI is InChI=1S/C19H22ClN5O2S/c1-3-6-14-11-17(27)25-18(22-14)28-19(23-25)24(2)12-16(26)21-10-9-13-7-4-5-8-15(13)20/h4-5,7-8,11H,3,6,9-10,12H2,1-2H3,(H,21,26). The van der Waals surface area contributed by atoms with Crippen LogP contribution in [-0.4, -0.2) is 40.6 Å². The summed E-state index contributed by atoms with van der Waals surface area (Å²) in [6.07, 6.45) is 2.33. The third-order valence-electron chi connectivity index (χ3n) is 4.18. The Labute approximate surface area is 172 Å². The van der Waals surface area contributed by atoms with E-state index in [1.807, 2.05) is 31.2 Å². The van der Waals surface area contributed by atoms with Crippen LogP contribution in [0.25, 0.3) is 4.96 Å². The van der Waals surface area contributed by atoms with E-state index in [4.69, 9.17) is 11.6 Å². The van der Waals surface area contributed by atoms with E-state index in [-0.39, 0.29) is 18.0 Å². The number of aromatic nitrogens is 3. The van der Waals surface area contributed by atoms with Gasteiger partial charge in [0.1, 0.15) is 0 Å². The fourth-order valence-corrected chi connectivity index (χ4v) is 3.88. The molecule has 1 aromatic carbocycles. The molecular weight excluding hydrogens is 398 g/mol. The molecule has 1 amide bonds. The lowest BCUT2D eigenvalue weighted by Gasteiger charge is -2.14. The first-order valence-electron chi connectivity index (χ1n) is 9.09. The van der Waals surface area contributed by atoms with Crippen LogP contribution < -0.4 is 15.8 Å². The highest BCUT2D eigenvalue weighted by Crippen LogP contribution is 2.20. The Kier molecular flexibility index (Phi) is 6.64. The molecule has 7 nitrogen and oxygen atoms in total. The highest BCUT2D eigenvalue weighted by atomic mass is 35.5. The predicted octanol–water partition coefficient (Wildman–Crippen LogP) is 2.55. The molecule has 0 radical (unpaired) electrons. The zero-order valence-corrected chi connectivity index (χ0v) is 17.4. The normalized spacial score (nSPS) is 11.0. The Morgan fingerprint density at radius 3 is 2.86 bits per heavy atom. The van der Waals surface area contributed by atoms with Gasteiger partial charge in [0.2, 0.25) is 16.0 Å².